The lowest BCUT2D eigenvalue weighted by atomic mass is 10.0. The molecule has 0 radical (unpaired) electrons. The van der Waals surface area contributed by atoms with Crippen LogP contribution in [0.3, 0.4) is 0 Å². The van der Waals surface area contributed by atoms with Crippen LogP contribution >= 0.6 is 11.3 Å². The van der Waals surface area contributed by atoms with E-state index < -0.39 is 0 Å². The summed E-state index contributed by atoms with van der Waals surface area (Å²) in [7, 11) is 0. The van der Waals surface area contributed by atoms with E-state index in [2.05, 4.69) is 15.2 Å². The zero-order valence-corrected chi connectivity index (χ0v) is 13.1. The van der Waals surface area contributed by atoms with Crippen LogP contribution in [-0.4, -0.2) is 43.2 Å². The Morgan fingerprint density at radius 1 is 1.52 bits per heavy atom. The van der Waals surface area contributed by atoms with E-state index in [9.17, 15) is 4.79 Å². The van der Waals surface area contributed by atoms with Crippen molar-refractivity contribution in [1.29, 1.82) is 0 Å². The quantitative estimate of drug-likeness (QED) is 0.880. The summed E-state index contributed by atoms with van der Waals surface area (Å²) in [6.45, 7) is 5.54. The van der Waals surface area contributed by atoms with E-state index in [1.807, 2.05) is 6.92 Å². The molecule has 2 unspecified atom stereocenters. The number of carbonyl (C=O) groups is 1. The lowest BCUT2D eigenvalue weighted by molar-refractivity contribution is 0.0927. The van der Waals surface area contributed by atoms with Gasteiger partial charge in [0.15, 0.2) is 5.13 Å². The highest BCUT2D eigenvalue weighted by Crippen LogP contribution is 2.30. The summed E-state index contributed by atoms with van der Waals surface area (Å²) in [6.07, 6.45) is 3.36. The van der Waals surface area contributed by atoms with Gasteiger partial charge in [0.25, 0.3) is 5.91 Å². The molecule has 2 aliphatic rings. The summed E-state index contributed by atoms with van der Waals surface area (Å²) in [5.41, 5.74) is 5.93. The molecule has 0 aromatic carbocycles. The minimum absolute atomic E-state index is 0.0942. The van der Waals surface area contributed by atoms with Gasteiger partial charge in [0.2, 0.25) is 0 Å². The minimum Gasteiger partial charge on any atom is -0.382 e. The highest BCUT2D eigenvalue weighted by molar-refractivity contribution is 7.18. The fourth-order valence-corrected chi connectivity index (χ4v) is 3.80. The molecule has 2 aliphatic heterocycles. The molecule has 2 saturated heterocycles. The van der Waals surface area contributed by atoms with Gasteiger partial charge in [-0.3, -0.25) is 4.79 Å². The fraction of sp³-hybridized carbons (Fsp3) is 0.714. The number of hydrogen-bond donors (Lipinski definition) is 2. The number of ether oxygens (including phenoxy) is 1. The number of carbonyl (C=O) groups excluding carboxylic acids is 1. The average molecular weight is 310 g/mol. The van der Waals surface area contributed by atoms with Crippen molar-refractivity contribution in [1.82, 2.24) is 10.3 Å². The molecule has 3 heterocycles. The predicted molar refractivity (Wildman–Crippen MR) is 83.8 cm³/mol. The maximum Gasteiger partial charge on any atom is 0.265 e. The van der Waals surface area contributed by atoms with Crippen LogP contribution in [0.25, 0.3) is 0 Å². The van der Waals surface area contributed by atoms with E-state index in [4.69, 9.17) is 10.5 Å². The first-order valence-corrected chi connectivity index (χ1v) is 8.36. The molecule has 0 spiro atoms. The van der Waals surface area contributed by atoms with Gasteiger partial charge < -0.3 is 20.7 Å². The van der Waals surface area contributed by atoms with Crippen LogP contribution < -0.4 is 16.0 Å². The molecule has 116 valence electrons. The zero-order valence-electron chi connectivity index (χ0n) is 12.3. The minimum atomic E-state index is -0.116. The first kappa shape index (κ1) is 14.6. The second kappa shape index (κ2) is 6.19. The van der Waals surface area contributed by atoms with Crippen LogP contribution in [0.15, 0.2) is 0 Å². The Kier molecular flexibility index (Phi) is 4.30. The van der Waals surface area contributed by atoms with Crippen molar-refractivity contribution in [3.05, 3.63) is 4.88 Å². The summed E-state index contributed by atoms with van der Waals surface area (Å²) in [6, 6.07) is 0.0942. The third-order valence-corrected chi connectivity index (χ3v) is 5.39. The molecular weight excluding hydrogens is 288 g/mol. The molecule has 1 amide bonds. The van der Waals surface area contributed by atoms with Gasteiger partial charge in [-0.15, -0.1) is 0 Å². The van der Waals surface area contributed by atoms with Crippen molar-refractivity contribution in [3.63, 3.8) is 0 Å². The third kappa shape index (κ3) is 3.13. The van der Waals surface area contributed by atoms with Crippen LogP contribution in [-0.2, 0) is 4.74 Å². The number of amides is 1. The maximum atomic E-state index is 12.4. The largest absolute Gasteiger partial charge is 0.382 e. The molecule has 0 saturated carbocycles. The van der Waals surface area contributed by atoms with Crippen molar-refractivity contribution in [3.8, 4) is 0 Å². The predicted octanol–water partition coefficient (Wildman–Crippen LogP) is 1.48. The number of nitrogens with zero attached hydrogens (tertiary/aromatic N) is 2. The molecule has 2 atom stereocenters. The second-order valence-electron chi connectivity index (χ2n) is 5.79. The molecule has 2 fully saturated rings. The average Bonchev–Trinajstić information content (AvgIpc) is 3.20. The Hall–Kier alpha value is -1.34. The SMILES string of the molecule is CC(NC(=O)c1sc(N2CCCC2)nc1N)C1CCOC1. The van der Waals surface area contributed by atoms with Gasteiger partial charge in [-0.25, -0.2) is 4.98 Å². The Labute approximate surface area is 128 Å². The number of nitrogens with two attached hydrogens (primary N) is 1. The fourth-order valence-electron chi connectivity index (χ4n) is 2.86. The summed E-state index contributed by atoms with van der Waals surface area (Å²) in [5, 5.41) is 3.90. The van der Waals surface area contributed by atoms with E-state index in [1.54, 1.807) is 0 Å². The smallest absolute Gasteiger partial charge is 0.265 e. The molecule has 3 rings (SSSR count). The molecule has 3 N–H and O–H groups in total. The van der Waals surface area contributed by atoms with Gasteiger partial charge in [0, 0.05) is 31.7 Å². The van der Waals surface area contributed by atoms with E-state index in [0.717, 1.165) is 37.9 Å². The topological polar surface area (TPSA) is 80.5 Å². The number of rotatable bonds is 4. The van der Waals surface area contributed by atoms with Gasteiger partial charge >= 0.3 is 0 Å². The molecule has 1 aromatic heterocycles. The molecule has 0 bridgehead atoms. The Balaban J connectivity index is 1.66. The van der Waals surface area contributed by atoms with Crippen LogP contribution in [0.5, 0.6) is 0 Å². The highest BCUT2D eigenvalue weighted by atomic mass is 32.1. The van der Waals surface area contributed by atoms with Crippen LogP contribution in [0, 0.1) is 5.92 Å². The lowest BCUT2D eigenvalue weighted by Gasteiger charge is -2.18. The number of thiazole rings is 1. The van der Waals surface area contributed by atoms with Crippen molar-refractivity contribution in [2.24, 2.45) is 5.92 Å². The molecule has 1 aromatic rings. The van der Waals surface area contributed by atoms with Crippen molar-refractivity contribution in [2.75, 3.05) is 36.9 Å². The molecule has 0 aliphatic carbocycles. The second-order valence-corrected chi connectivity index (χ2v) is 6.77. The van der Waals surface area contributed by atoms with Gasteiger partial charge in [-0.1, -0.05) is 11.3 Å². The Bertz CT molecular complexity index is 507. The monoisotopic (exact) mass is 310 g/mol. The van der Waals surface area contributed by atoms with Crippen molar-refractivity contribution in [2.45, 2.75) is 32.2 Å². The van der Waals surface area contributed by atoms with Gasteiger partial charge in [-0.05, 0) is 26.2 Å². The summed E-state index contributed by atoms with van der Waals surface area (Å²) in [5.74, 6) is 0.616. The van der Waals surface area contributed by atoms with E-state index in [0.29, 0.717) is 16.6 Å². The number of anilines is 2. The third-order valence-electron chi connectivity index (χ3n) is 4.26. The molecular formula is C14H22N4O2S. The summed E-state index contributed by atoms with van der Waals surface area (Å²) >= 11 is 1.40. The summed E-state index contributed by atoms with van der Waals surface area (Å²) in [4.78, 5) is 19.5. The number of hydrogen-bond acceptors (Lipinski definition) is 6. The van der Waals surface area contributed by atoms with Gasteiger partial charge in [0.1, 0.15) is 10.7 Å². The van der Waals surface area contributed by atoms with Gasteiger partial charge in [-0.2, -0.15) is 0 Å². The van der Waals surface area contributed by atoms with Crippen LogP contribution in [0.4, 0.5) is 10.9 Å². The summed E-state index contributed by atoms with van der Waals surface area (Å²) < 4.78 is 5.37. The number of nitrogens with one attached hydrogen (secondary N) is 1. The van der Waals surface area contributed by atoms with Crippen molar-refractivity contribution < 1.29 is 9.53 Å². The molecule has 6 nitrogen and oxygen atoms in total. The number of nitrogen functional groups attached to an aromatic ring is 1. The highest BCUT2D eigenvalue weighted by Gasteiger charge is 2.26. The molecule has 7 heteroatoms. The molecule has 21 heavy (non-hydrogen) atoms. The van der Waals surface area contributed by atoms with Crippen LogP contribution in [0.1, 0.15) is 35.9 Å². The van der Waals surface area contributed by atoms with E-state index in [-0.39, 0.29) is 11.9 Å². The first-order valence-electron chi connectivity index (χ1n) is 7.55. The standard InChI is InChI=1S/C14H22N4O2S/c1-9(10-4-7-20-8-10)16-13(19)11-12(15)17-14(21-11)18-5-2-3-6-18/h9-10H,2-8,15H2,1H3,(H,16,19). The Morgan fingerprint density at radius 2 is 2.29 bits per heavy atom. The Morgan fingerprint density at radius 3 is 2.95 bits per heavy atom. The number of aromatic nitrogens is 1. The van der Waals surface area contributed by atoms with E-state index in [1.165, 1.54) is 24.2 Å². The lowest BCUT2D eigenvalue weighted by Crippen LogP contribution is -2.38. The maximum absolute atomic E-state index is 12.4. The first-order chi connectivity index (χ1) is 10.1. The van der Waals surface area contributed by atoms with Crippen molar-refractivity contribution >= 4 is 28.2 Å². The normalized spacial score (nSPS) is 23.5. The van der Waals surface area contributed by atoms with E-state index >= 15 is 0 Å². The van der Waals surface area contributed by atoms with Gasteiger partial charge in [0.05, 0.1) is 6.61 Å². The van der Waals surface area contributed by atoms with Crippen LogP contribution in [0.2, 0.25) is 0 Å². The zero-order chi connectivity index (χ0) is 14.8.